The number of carboxylic acids is 1. The van der Waals surface area contributed by atoms with Gasteiger partial charge in [-0.3, -0.25) is 4.79 Å². The molecule has 1 N–H and O–H groups in total. The number of carboxylic acid groups (broad SMARTS) is 1. The van der Waals surface area contributed by atoms with Crippen LogP contribution >= 0.6 is 0 Å². The number of carbonyl (C=O) groups is 1. The fourth-order valence-corrected chi connectivity index (χ4v) is 4.67. The van der Waals surface area contributed by atoms with Gasteiger partial charge in [-0.25, -0.2) is 22.7 Å². The van der Waals surface area contributed by atoms with Gasteiger partial charge in [0.2, 0.25) is 16.0 Å². The van der Waals surface area contributed by atoms with Crippen LogP contribution in [0.5, 0.6) is 5.75 Å². The molecule has 0 spiro atoms. The predicted octanol–water partition coefficient (Wildman–Crippen LogP) is 2.74. The summed E-state index contributed by atoms with van der Waals surface area (Å²) in [6.45, 7) is 3.39. The van der Waals surface area contributed by atoms with Crippen LogP contribution in [0.4, 0.5) is 5.95 Å². The van der Waals surface area contributed by atoms with E-state index in [0.717, 1.165) is 5.56 Å². The first-order valence-corrected chi connectivity index (χ1v) is 10.9. The molecule has 1 aliphatic rings. The van der Waals surface area contributed by atoms with Crippen LogP contribution in [0.15, 0.2) is 36.5 Å². The van der Waals surface area contributed by atoms with Crippen molar-refractivity contribution in [3.63, 3.8) is 0 Å². The summed E-state index contributed by atoms with van der Waals surface area (Å²) in [6.07, 6.45) is 2.93. The Bertz CT molecular complexity index is 989. The Morgan fingerprint density at radius 1 is 1.28 bits per heavy atom. The van der Waals surface area contributed by atoms with Gasteiger partial charge in [0, 0.05) is 6.20 Å². The number of aromatic nitrogens is 2. The molecule has 1 heterocycles. The molecule has 0 bridgehead atoms. The van der Waals surface area contributed by atoms with Crippen molar-refractivity contribution >= 4 is 21.9 Å². The second-order valence-electron chi connectivity index (χ2n) is 7.33. The molecule has 0 aliphatic heterocycles. The van der Waals surface area contributed by atoms with Gasteiger partial charge in [0.05, 0.1) is 24.6 Å². The van der Waals surface area contributed by atoms with Crippen molar-refractivity contribution in [1.29, 1.82) is 0 Å². The highest BCUT2D eigenvalue weighted by molar-refractivity contribution is 7.93. The van der Waals surface area contributed by atoms with E-state index in [1.165, 1.54) is 16.6 Å². The van der Waals surface area contributed by atoms with E-state index in [1.54, 1.807) is 45.2 Å². The summed E-state index contributed by atoms with van der Waals surface area (Å²) < 4.78 is 32.5. The molecule has 0 amide bonds. The lowest BCUT2D eigenvalue weighted by Crippen LogP contribution is -2.37. The van der Waals surface area contributed by atoms with Crippen LogP contribution in [0.3, 0.4) is 0 Å². The van der Waals surface area contributed by atoms with Gasteiger partial charge in [-0.2, -0.15) is 0 Å². The Morgan fingerprint density at radius 2 is 1.93 bits per heavy atom. The van der Waals surface area contributed by atoms with Gasteiger partial charge in [-0.05, 0) is 49.9 Å². The van der Waals surface area contributed by atoms with E-state index < -0.39 is 26.7 Å². The van der Waals surface area contributed by atoms with Crippen molar-refractivity contribution in [3.05, 3.63) is 47.8 Å². The van der Waals surface area contributed by atoms with E-state index in [4.69, 9.17) is 4.74 Å². The fourth-order valence-electron chi connectivity index (χ4n) is 2.93. The normalized spacial score (nSPS) is 16.1. The van der Waals surface area contributed by atoms with Crippen LogP contribution in [-0.4, -0.2) is 41.8 Å². The minimum Gasteiger partial charge on any atom is -0.497 e. The van der Waals surface area contributed by atoms with Crippen LogP contribution in [0.1, 0.15) is 44.4 Å². The Balaban J connectivity index is 2.02. The molecular formula is C20H25N3O5S. The van der Waals surface area contributed by atoms with Crippen molar-refractivity contribution in [2.24, 2.45) is 0 Å². The third-order valence-corrected chi connectivity index (χ3v) is 7.57. The van der Waals surface area contributed by atoms with Crippen LogP contribution in [0.25, 0.3) is 0 Å². The number of ether oxygens (including phenoxy) is 1. The largest absolute Gasteiger partial charge is 0.497 e. The van der Waals surface area contributed by atoms with Crippen molar-refractivity contribution in [3.8, 4) is 5.75 Å². The summed E-state index contributed by atoms with van der Waals surface area (Å²) in [7, 11) is -2.09. The number of anilines is 1. The number of nitrogens with zero attached hydrogens (tertiary/aromatic N) is 3. The molecule has 9 heteroatoms. The minimum atomic E-state index is -3.65. The van der Waals surface area contributed by atoms with Gasteiger partial charge < -0.3 is 9.84 Å². The van der Waals surface area contributed by atoms with Gasteiger partial charge in [0.15, 0.2) is 0 Å². The molecule has 1 atom stereocenters. The highest BCUT2D eigenvalue weighted by Gasteiger charge is 2.42. The number of methoxy groups -OCH3 is 1. The molecule has 2 aromatic rings. The highest BCUT2D eigenvalue weighted by atomic mass is 32.2. The van der Waals surface area contributed by atoms with Gasteiger partial charge >= 0.3 is 5.97 Å². The summed E-state index contributed by atoms with van der Waals surface area (Å²) >= 11 is 0. The van der Waals surface area contributed by atoms with Crippen LogP contribution < -0.4 is 9.04 Å². The zero-order chi connectivity index (χ0) is 21.2. The lowest BCUT2D eigenvalue weighted by Gasteiger charge is -2.26. The molecule has 1 aliphatic carbocycles. The Kier molecular flexibility index (Phi) is 5.79. The number of sulfonamides is 1. The smallest absolute Gasteiger partial charge is 0.315 e. The maximum Gasteiger partial charge on any atom is 0.315 e. The number of benzene rings is 1. The molecule has 8 nitrogen and oxygen atoms in total. The second kappa shape index (κ2) is 7.98. The molecule has 156 valence electrons. The topological polar surface area (TPSA) is 110 Å². The fraction of sp³-hybridized carbons (Fsp3) is 0.450. The quantitative estimate of drug-likeness (QED) is 0.665. The SMILES string of the molecule is CCC(C)(C(=O)O)c1ccnc(N(Cc2ccc(OC)cc2)S(=O)(=O)C2CC2)n1. The second-order valence-corrected chi connectivity index (χ2v) is 9.47. The van der Waals surface area contributed by atoms with E-state index >= 15 is 0 Å². The average Bonchev–Trinajstić information content (AvgIpc) is 3.57. The molecule has 3 rings (SSSR count). The molecule has 0 radical (unpaired) electrons. The molecule has 1 fully saturated rings. The van der Waals surface area contributed by atoms with Gasteiger partial charge in [-0.1, -0.05) is 19.1 Å². The van der Waals surface area contributed by atoms with Crippen molar-refractivity contribution < 1.29 is 23.1 Å². The number of rotatable bonds is 9. The Morgan fingerprint density at radius 3 is 2.45 bits per heavy atom. The average molecular weight is 420 g/mol. The number of hydrogen-bond donors (Lipinski definition) is 1. The Labute approximate surface area is 170 Å². The lowest BCUT2D eigenvalue weighted by atomic mass is 9.84. The molecule has 1 saturated carbocycles. The molecule has 29 heavy (non-hydrogen) atoms. The van der Waals surface area contributed by atoms with Crippen molar-refractivity contribution in [1.82, 2.24) is 9.97 Å². The first-order chi connectivity index (χ1) is 13.7. The standard InChI is InChI=1S/C20H25N3O5S/c1-4-20(2,18(24)25)17-11-12-21-19(22-17)23(29(26,27)16-9-10-16)13-14-5-7-15(28-3)8-6-14/h5-8,11-12,16H,4,9-10,13H2,1-3H3,(H,24,25). The summed E-state index contributed by atoms with van der Waals surface area (Å²) in [6, 6.07) is 8.60. The third-order valence-electron chi connectivity index (χ3n) is 5.35. The summed E-state index contributed by atoms with van der Waals surface area (Å²) in [5.41, 5.74) is -0.198. The minimum absolute atomic E-state index is 0.00820. The maximum absolute atomic E-state index is 13.1. The van der Waals surface area contributed by atoms with Gasteiger partial charge in [-0.15, -0.1) is 0 Å². The molecule has 0 saturated heterocycles. The van der Waals surface area contributed by atoms with Gasteiger partial charge in [0.25, 0.3) is 0 Å². The molecule has 1 unspecified atom stereocenters. The Hall–Kier alpha value is -2.68. The van der Waals surface area contributed by atoms with Crippen LogP contribution in [0, 0.1) is 0 Å². The van der Waals surface area contributed by atoms with E-state index in [2.05, 4.69) is 9.97 Å². The predicted molar refractivity (Wildman–Crippen MR) is 108 cm³/mol. The zero-order valence-electron chi connectivity index (χ0n) is 16.7. The van der Waals surface area contributed by atoms with E-state index in [-0.39, 0.29) is 18.2 Å². The van der Waals surface area contributed by atoms with Crippen molar-refractivity contribution in [2.75, 3.05) is 11.4 Å². The zero-order valence-corrected chi connectivity index (χ0v) is 17.5. The van der Waals surface area contributed by atoms with Gasteiger partial charge in [0.1, 0.15) is 11.2 Å². The third kappa shape index (κ3) is 4.19. The summed E-state index contributed by atoms with van der Waals surface area (Å²) in [5, 5.41) is 9.20. The molecular weight excluding hydrogens is 394 g/mol. The molecule has 1 aromatic carbocycles. The highest BCUT2D eigenvalue weighted by Crippen LogP contribution is 2.34. The first kappa shape index (κ1) is 21.0. The number of aliphatic carboxylic acids is 1. The van der Waals surface area contributed by atoms with E-state index in [0.29, 0.717) is 25.0 Å². The number of hydrogen-bond acceptors (Lipinski definition) is 6. The summed E-state index contributed by atoms with van der Waals surface area (Å²) in [4.78, 5) is 20.3. The summed E-state index contributed by atoms with van der Waals surface area (Å²) in [5.74, 6) is -0.355. The first-order valence-electron chi connectivity index (χ1n) is 9.43. The molecule has 1 aromatic heterocycles. The van der Waals surface area contributed by atoms with E-state index in [1.807, 2.05) is 0 Å². The van der Waals surface area contributed by atoms with Crippen LogP contribution in [-0.2, 0) is 26.8 Å². The van der Waals surface area contributed by atoms with Crippen LogP contribution in [0.2, 0.25) is 0 Å². The lowest BCUT2D eigenvalue weighted by molar-refractivity contribution is -0.143. The van der Waals surface area contributed by atoms with E-state index in [9.17, 15) is 18.3 Å². The monoisotopic (exact) mass is 419 g/mol. The van der Waals surface area contributed by atoms with Crippen molar-refractivity contribution in [2.45, 2.75) is 50.3 Å². The maximum atomic E-state index is 13.1.